The summed E-state index contributed by atoms with van der Waals surface area (Å²) in [6.45, 7) is 3.96. The Morgan fingerprint density at radius 3 is 3.00 bits per heavy atom. The van der Waals surface area contributed by atoms with Crippen LogP contribution in [0.4, 0.5) is 0 Å². The van der Waals surface area contributed by atoms with E-state index in [-0.39, 0.29) is 5.60 Å². The number of aromatic nitrogens is 1. The number of hydrogen-bond acceptors (Lipinski definition) is 4. The van der Waals surface area contributed by atoms with Crippen molar-refractivity contribution in [1.29, 1.82) is 0 Å². The average molecular weight is 280 g/mol. The minimum absolute atomic E-state index is 0.206. The summed E-state index contributed by atoms with van der Waals surface area (Å²) in [7, 11) is 0. The molecule has 4 heteroatoms. The largest absolute Gasteiger partial charge is 0.375 e. The Balaban J connectivity index is 1.53. The van der Waals surface area contributed by atoms with E-state index in [4.69, 9.17) is 4.74 Å². The van der Waals surface area contributed by atoms with E-state index in [1.54, 1.807) is 11.3 Å². The number of ether oxygens (including phenoxy) is 1. The summed E-state index contributed by atoms with van der Waals surface area (Å²) in [5, 5.41) is 4.87. The Morgan fingerprint density at radius 2 is 2.26 bits per heavy atom. The quantitative estimate of drug-likeness (QED) is 0.921. The van der Waals surface area contributed by atoms with Gasteiger partial charge in [-0.3, -0.25) is 0 Å². The van der Waals surface area contributed by atoms with Crippen molar-refractivity contribution in [3.8, 4) is 0 Å². The van der Waals surface area contributed by atoms with Gasteiger partial charge in [0.2, 0.25) is 0 Å². The zero-order valence-electron chi connectivity index (χ0n) is 11.8. The number of aryl methyl sites for hydroxylation is 1. The molecule has 1 spiro atoms. The fourth-order valence-corrected chi connectivity index (χ4v) is 4.22. The molecule has 0 radical (unpaired) electrons. The lowest BCUT2D eigenvalue weighted by Crippen LogP contribution is -2.47. The van der Waals surface area contributed by atoms with Gasteiger partial charge < -0.3 is 10.1 Å². The Morgan fingerprint density at radius 1 is 1.42 bits per heavy atom. The van der Waals surface area contributed by atoms with Crippen LogP contribution in [0.2, 0.25) is 0 Å². The number of nitrogens with one attached hydrogen (secondary N) is 1. The first-order valence-corrected chi connectivity index (χ1v) is 8.36. The number of nitrogens with zero attached hydrogens (tertiary/aromatic N) is 1. The van der Waals surface area contributed by atoms with Crippen LogP contribution in [-0.4, -0.2) is 23.2 Å². The van der Waals surface area contributed by atoms with E-state index in [1.165, 1.54) is 43.4 Å². The molecule has 1 aliphatic heterocycles. The van der Waals surface area contributed by atoms with Crippen LogP contribution in [0.15, 0.2) is 6.20 Å². The molecule has 1 aromatic rings. The molecule has 0 amide bonds. The van der Waals surface area contributed by atoms with Crippen LogP contribution < -0.4 is 5.32 Å². The average Bonchev–Trinajstić information content (AvgIpc) is 2.83. The maximum absolute atomic E-state index is 6.14. The van der Waals surface area contributed by atoms with E-state index in [0.717, 1.165) is 24.6 Å². The summed E-state index contributed by atoms with van der Waals surface area (Å²) in [6, 6.07) is 0.620. The normalized spacial score (nSPS) is 26.7. The molecule has 3 rings (SSSR count). The zero-order valence-corrected chi connectivity index (χ0v) is 12.6. The molecule has 3 nitrogen and oxygen atoms in total. The highest BCUT2D eigenvalue weighted by molar-refractivity contribution is 7.11. The van der Waals surface area contributed by atoms with Crippen molar-refractivity contribution >= 4 is 11.3 Å². The molecule has 19 heavy (non-hydrogen) atoms. The Hall–Kier alpha value is -0.450. The first kappa shape index (κ1) is 13.5. The summed E-state index contributed by atoms with van der Waals surface area (Å²) < 4.78 is 6.14. The van der Waals surface area contributed by atoms with Gasteiger partial charge in [0.15, 0.2) is 0 Å². The monoisotopic (exact) mass is 280 g/mol. The van der Waals surface area contributed by atoms with Crippen molar-refractivity contribution in [2.45, 2.75) is 70.1 Å². The Labute approximate surface area is 119 Å². The first-order chi connectivity index (χ1) is 9.26. The maximum atomic E-state index is 6.14. The molecule has 1 saturated carbocycles. The van der Waals surface area contributed by atoms with Gasteiger partial charge in [-0.05, 0) is 32.6 Å². The molecular formula is C15H24N2OS. The van der Waals surface area contributed by atoms with Crippen molar-refractivity contribution in [2.75, 3.05) is 6.61 Å². The molecule has 1 aliphatic carbocycles. The van der Waals surface area contributed by atoms with Crippen molar-refractivity contribution in [3.63, 3.8) is 0 Å². The SMILES string of the molecule is Cc1ncc(CNC2CCOC3(CCCCC3)C2)s1. The minimum Gasteiger partial charge on any atom is -0.375 e. The van der Waals surface area contributed by atoms with Crippen LogP contribution in [0.5, 0.6) is 0 Å². The molecule has 1 unspecified atom stereocenters. The summed E-state index contributed by atoms with van der Waals surface area (Å²) in [5.74, 6) is 0. The highest BCUT2D eigenvalue weighted by Gasteiger charge is 2.38. The summed E-state index contributed by atoms with van der Waals surface area (Å²) in [5.41, 5.74) is 0.206. The van der Waals surface area contributed by atoms with Crippen molar-refractivity contribution in [2.24, 2.45) is 0 Å². The van der Waals surface area contributed by atoms with E-state index in [9.17, 15) is 0 Å². The molecular weight excluding hydrogens is 256 g/mol. The molecule has 2 aliphatic rings. The van der Waals surface area contributed by atoms with E-state index < -0.39 is 0 Å². The van der Waals surface area contributed by atoms with E-state index in [1.807, 2.05) is 6.20 Å². The topological polar surface area (TPSA) is 34.2 Å². The molecule has 1 atom stereocenters. The highest BCUT2D eigenvalue weighted by Crippen LogP contribution is 2.38. The summed E-state index contributed by atoms with van der Waals surface area (Å²) in [4.78, 5) is 5.67. The predicted molar refractivity (Wildman–Crippen MR) is 78.5 cm³/mol. The molecule has 2 fully saturated rings. The lowest BCUT2D eigenvalue weighted by Gasteiger charge is -2.43. The first-order valence-electron chi connectivity index (χ1n) is 7.54. The predicted octanol–water partition coefficient (Wildman–Crippen LogP) is 3.42. The van der Waals surface area contributed by atoms with Crippen molar-refractivity contribution < 1.29 is 4.74 Å². The third-order valence-corrected chi connectivity index (χ3v) is 5.40. The van der Waals surface area contributed by atoms with Gasteiger partial charge in [0, 0.05) is 30.3 Å². The zero-order chi connectivity index (χ0) is 13.1. The number of thiazole rings is 1. The second-order valence-corrected chi connectivity index (χ2v) is 7.33. The Bertz CT molecular complexity index is 407. The van der Waals surface area contributed by atoms with Gasteiger partial charge in [-0.25, -0.2) is 4.98 Å². The number of hydrogen-bond donors (Lipinski definition) is 1. The van der Waals surface area contributed by atoms with Crippen molar-refractivity contribution in [3.05, 3.63) is 16.1 Å². The van der Waals surface area contributed by atoms with Crippen LogP contribution in [0, 0.1) is 6.92 Å². The van der Waals surface area contributed by atoms with Gasteiger partial charge in [0.1, 0.15) is 0 Å². The molecule has 1 N–H and O–H groups in total. The van der Waals surface area contributed by atoms with Crippen LogP contribution in [0.3, 0.4) is 0 Å². The Kier molecular flexibility index (Phi) is 4.20. The fraction of sp³-hybridized carbons (Fsp3) is 0.800. The van der Waals surface area contributed by atoms with Gasteiger partial charge in [0.25, 0.3) is 0 Å². The standard InChI is InChI=1S/C15H24N2OS/c1-12-16-10-14(19-12)11-17-13-5-8-18-15(9-13)6-3-2-4-7-15/h10,13,17H,2-9,11H2,1H3. The van der Waals surface area contributed by atoms with Crippen LogP contribution in [0.25, 0.3) is 0 Å². The van der Waals surface area contributed by atoms with Gasteiger partial charge in [-0.15, -0.1) is 11.3 Å². The molecule has 0 aromatic carbocycles. The fourth-order valence-electron chi connectivity index (χ4n) is 3.48. The lowest BCUT2D eigenvalue weighted by molar-refractivity contribution is -0.109. The molecule has 2 heterocycles. The van der Waals surface area contributed by atoms with Gasteiger partial charge in [-0.1, -0.05) is 19.3 Å². The molecule has 106 valence electrons. The summed E-state index contributed by atoms with van der Waals surface area (Å²) >= 11 is 1.80. The van der Waals surface area contributed by atoms with E-state index >= 15 is 0 Å². The van der Waals surface area contributed by atoms with Gasteiger partial charge in [-0.2, -0.15) is 0 Å². The molecule has 1 saturated heterocycles. The summed E-state index contributed by atoms with van der Waals surface area (Å²) in [6.07, 6.45) is 11.0. The van der Waals surface area contributed by atoms with Crippen LogP contribution >= 0.6 is 11.3 Å². The van der Waals surface area contributed by atoms with E-state index in [0.29, 0.717) is 6.04 Å². The molecule has 0 bridgehead atoms. The van der Waals surface area contributed by atoms with Crippen LogP contribution in [0.1, 0.15) is 54.8 Å². The molecule has 1 aromatic heterocycles. The van der Waals surface area contributed by atoms with Gasteiger partial charge in [0.05, 0.1) is 10.6 Å². The van der Waals surface area contributed by atoms with Crippen LogP contribution in [-0.2, 0) is 11.3 Å². The number of rotatable bonds is 3. The van der Waals surface area contributed by atoms with Crippen molar-refractivity contribution in [1.82, 2.24) is 10.3 Å². The highest BCUT2D eigenvalue weighted by atomic mass is 32.1. The smallest absolute Gasteiger partial charge is 0.0897 e. The third-order valence-electron chi connectivity index (χ3n) is 4.49. The third kappa shape index (κ3) is 3.36. The minimum atomic E-state index is 0.206. The van der Waals surface area contributed by atoms with Gasteiger partial charge >= 0.3 is 0 Å². The maximum Gasteiger partial charge on any atom is 0.0897 e. The van der Waals surface area contributed by atoms with E-state index in [2.05, 4.69) is 17.2 Å². The second kappa shape index (κ2) is 5.90. The lowest BCUT2D eigenvalue weighted by atomic mass is 9.78. The second-order valence-electron chi connectivity index (χ2n) is 6.01.